The normalized spacial score (nSPS) is 23.6. The Balaban J connectivity index is 1.56. The van der Waals surface area contributed by atoms with Gasteiger partial charge in [-0.1, -0.05) is 12.2 Å². The first-order chi connectivity index (χ1) is 17.5. The number of aromatic nitrogens is 1. The Kier molecular flexibility index (Phi) is 7.83. The standard InChI is InChI=1S/C28H38N4O5/c1-19(33)37-26(36)32(27(2,3)4)25(35)28-14-5-6-22(11-15-28)31(28)24-10-8-21(18-30-24)23(34)9-7-20-12-16-29-17-13-20/h5-6,8,10,18,20,22,29H,7,9,11-17H2,1-4H3. The van der Waals surface area contributed by atoms with E-state index in [0.29, 0.717) is 36.6 Å². The molecule has 2 unspecified atom stereocenters. The van der Waals surface area contributed by atoms with Crippen LogP contribution in [0.2, 0.25) is 0 Å². The fourth-order valence-electron chi connectivity index (χ4n) is 5.82. The third-order valence-corrected chi connectivity index (χ3v) is 7.70. The third-order valence-electron chi connectivity index (χ3n) is 7.70. The van der Waals surface area contributed by atoms with E-state index in [2.05, 4.69) is 16.4 Å². The number of pyridine rings is 1. The highest BCUT2D eigenvalue weighted by atomic mass is 16.6. The number of carbonyl (C=O) groups is 4. The van der Waals surface area contributed by atoms with Crippen molar-refractivity contribution in [1.82, 2.24) is 15.2 Å². The summed E-state index contributed by atoms with van der Waals surface area (Å²) in [6.45, 7) is 8.38. The molecule has 2 bridgehead atoms. The topological polar surface area (TPSA) is 109 Å². The van der Waals surface area contributed by atoms with Crippen LogP contribution in [0.25, 0.3) is 0 Å². The highest BCUT2D eigenvalue weighted by molar-refractivity contribution is 6.03. The second kappa shape index (κ2) is 10.7. The molecular weight excluding hydrogens is 472 g/mol. The van der Waals surface area contributed by atoms with Crippen LogP contribution in [0.15, 0.2) is 30.5 Å². The summed E-state index contributed by atoms with van der Waals surface area (Å²) in [7, 11) is 0. The number of amides is 2. The summed E-state index contributed by atoms with van der Waals surface area (Å²) in [6.07, 6.45) is 9.92. The van der Waals surface area contributed by atoms with Gasteiger partial charge in [-0.3, -0.25) is 14.4 Å². The van der Waals surface area contributed by atoms with Crippen LogP contribution in [0.1, 0.15) is 83.0 Å². The number of hydrogen-bond donors (Lipinski definition) is 1. The van der Waals surface area contributed by atoms with Crippen LogP contribution in [0.3, 0.4) is 0 Å². The van der Waals surface area contributed by atoms with Gasteiger partial charge in [0.15, 0.2) is 5.78 Å². The molecule has 1 N–H and O–H groups in total. The van der Waals surface area contributed by atoms with E-state index in [1.54, 1.807) is 39.1 Å². The minimum atomic E-state index is -1.03. The molecule has 4 heterocycles. The summed E-state index contributed by atoms with van der Waals surface area (Å²) < 4.78 is 4.84. The predicted molar refractivity (Wildman–Crippen MR) is 139 cm³/mol. The minimum Gasteiger partial charge on any atom is -0.376 e. The van der Waals surface area contributed by atoms with E-state index in [9.17, 15) is 19.2 Å². The first-order valence-electron chi connectivity index (χ1n) is 13.3. The monoisotopic (exact) mass is 510 g/mol. The summed E-state index contributed by atoms with van der Waals surface area (Å²) in [5.41, 5.74) is -1.36. The number of ketones is 1. The molecule has 9 nitrogen and oxygen atoms in total. The van der Waals surface area contributed by atoms with Crippen LogP contribution < -0.4 is 10.2 Å². The highest BCUT2D eigenvalue weighted by Crippen LogP contribution is 2.45. The van der Waals surface area contributed by atoms with Crippen molar-refractivity contribution in [3.8, 4) is 0 Å². The Morgan fingerprint density at radius 1 is 1.16 bits per heavy atom. The summed E-state index contributed by atoms with van der Waals surface area (Å²) in [6, 6.07) is 3.53. The van der Waals surface area contributed by atoms with Gasteiger partial charge in [-0.15, -0.1) is 0 Å². The van der Waals surface area contributed by atoms with Crippen molar-refractivity contribution < 1.29 is 23.9 Å². The number of nitrogens with one attached hydrogen (secondary N) is 1. The molecule has 3 aliphatic heterocycles. The van der Waals surface area contributed by atoms with Gasteiger partial charge in [-0.2, -0.15) is 0 Å². The van der Waals surface area contributed by atoms with Crippen LogP contribution in [0.4, 0.5) is 10.6 Å². The molecule has 2 fully saturated rings. The quantitative estimate of drug-likeness (QED) is 0.265. The zero-order valence-corrected chi connectivity index (χ0v) is 22.3. The molecule has 2 amide bonds. The van der Waals surface area contributed by atoms with Gasteiger partial charge in [0.2, 0.25) is 0 Å². The lowest BCUT2D eigenvalue weighted by Crippen LogP contribution is -2.64. The lowest BCUT2D eigenvalue weighted by Gasteiger charge is -2.46. The fraction of sp³-hybridized carbons (Fsp3) is 0.607. The second-order valence-electron chi connectivity index (χ2n) is 11.4. The Morgan fingerprint density at radius 3 is 2.51 bits per heavy atom. The molecule has 0 radical (unpaired) electrons. The largest absolute Gasteiger partial charge is 0.424 e. The zero-order valence-electron chi connectivity index (χ0n) is 22.3. The molecule has 200 valence electrons. The van der Waals surface area contributed by atoms with Gasteiger partial charge in [0, 0.05) is 36.7 Å². The Morgan fingerprint density at radius 2 is 1.89 bits per heavy atom. The smallest absolute Gasteiger partial charge is 0.376 e. The lowest BCUT2D eigenvalue weighted by molar-refractivity contribution is -0.143. The number of nitrogens with zero attached hydrogens (tertiary/aromatic N) is 3. The zero-order chi connectivity index (χ0) is 26.8. The summed E-state index contributed by atoms with van der Waals surface area (Å²) in [5.74, 6) is 0.0672. The first kappa shape index (κ1) is 27.0. The number of anilines is 1. The van der Waals surface area contributed by atoms with Gasteiger partial charge in [0.05, 0.1) is 0 Å². The number of rotatable bonds is 6. The van der Waals surface area contributed by atoms with E-state index in [1.807, 2.05) is 11.0 Å². The maximum absolute atomic E-state index is 14.1. The van der Waals surface area contributed by atoms with Crippen LogP contribution in [-0.2, 0) is 14.3 Å². The van der Waals surface area contributed by atoms with Crippen molar-refractivity contribution in [1.29, 1.82) is 0 Å². The molecule has 0 aromatic carbocycles. The van der Waals surface area contributed by atoms with Crippen molar-refractivity contribution in [2.24, 2.45) is 5.92 Å². The number of esters is 1. The van der Waals surface area contributed by atoms with E-state index in [-0.39, 0.29) is 11.8 Å². The molecule has 9 heteroatoms. The Labute approximate surface area is 218 Å². The third kappa shape index (κ3) is 5.61. The molecule has 1 aromatic heterocycles. The van der Waals surface area contributed by atoms with E-state index in [0.717, 1.165) is 50.6 Å². The van der Waals surface area contributed by atoms with Crippen LogP contribution in [0, 0.1) is 5.92 Å². The van der Waals surface area contributed by atoms with E-state index >= 15 is 0 Å². The second-order valence-corrected chi connectivity index (χ2v) is 11.4. The van der Waals surface area contributed by atoms with Gasteiger partial charge in [0.25, 0.3) is 5.91 Å². The predicted octanol–water partition coefficient (Wildman–Crippen LogP) is 4.02. The van der Waals surface area contributed by atoms with Crippen molar-refractivity contribution >= 4 is 29.6 Å². The van der Waals surface area contributed by atoms with Gasteiger partial charge >= 0.3 is 12.1 Å². The molecule has 37 heavy (non-hydrogen) atoms. The van der Waals surface area contributed by atoms with Gasteiger partial charge in [-0.25, -0.2) is 14.7 Å². The molecule has 2 saturated heterocycles. The molecular formula is C28H38N4O5. The van der Waals surface area contributed by atoms with E-state index < -0.39 is 29.0 Å². The van der Waals surface area contributed by atoms with Gasteiger partial charge < -0.3 is 15.0 Å². The number of carbonyl (C=O) groups excluding carboxylic acids is 4. The van der Waals surface area contributed by atoms with E-state index in [4.69, 9.17) is 4.74 Å². The van der Waals surface area contributed by atoms with Crippen molar-refractivity contribution in [3.63, 3.8) is 0 Å². The van der Waals surface area contributed by atoms with Crippen LogP contribution in [-0.4, -0.2) is 63.8 Å². The fourth-order valence-corrected chi connectivity index (χ4v) is 5.82. The number of hydrogen-bond acceptors (Lipinski definition) is 8. The molecule has 1 aromatic rings. The SMILES string of the molecule is CC(=O)OC(=O)N(C(=O)C12CC=CC(CC1)N2c1ccc(C(=O)CCC2CCNCC2)cn1)C(C)(C)C. The van der Waals surface area contributed by atoms with Crippen molar-refractivity contribution in [2.45, 2.75) is 89.8 Å². The summed E-state index contributed by atoms with van der Waals surface area (Å²) >= 11 is 0. The maximum atomic E-state index is 14.1. The number of ether oxygens (including phenoxy) is 1. The molecule has 0 spiro atoms. The number of imide groups is 1. The number of piperidine rings is 1. The average molecular weight is 511 g/mol. The summed E-state index contributed by atoms with van der Waals surface area (Å²) in [5, 5.41) is 3.35. The Hall–Kier alpha value is -3.07. The maximum Gasteiger partial charge on any atom is 0.424 e. The lowest BCUT2D eigenvalue weighted by atomic mass is 9.87. The number of Topliss-reactive ketones (excluding diaryl/α,β-unsaturated/α-hetero) is 1. The molecule has 3 aliphatic rings. The average Bonchev–Trinajstić information content (AvgIpc) is 3.07. The first-order valence-corrected chi connectivity index (χ1v) is 13.3. The number of fused-ring (bicyclic) bond motifs is 2. The molecule has 0 aliphatic carbocycles. The molecule has 2 atom stereocenters. The minimum absolute atomic E-state index is 0.0580. The highest BCUT2D eigenvalue weighted by Gasteiger charge is 2.56. The van der Waals surface area contributed by atoms with Gasteiger partial charge in [-0.05, 0) is 90.4 Å². The van der Waals surface area contributed by atoms with Crippen LogP contribution >= 0.6 is 0 Å². The van der Waals surface area contributed by atoms with Crippen molar-refractivity contribution in [2.75, 3.05) is 18.0 Å². The van der Waals surface area contributed by atoms with E-state index in [1.165, 1.54) is 0 Å². The Bertz CT molecular complexity index is 1070. The van der Waals surface area contributed by atoms with Gasteiger partial charge in [0.1, 0.15) is 11.4 Å². The summed E-state index contributed by atoms with van der Waals surface area (Å²) in [4.78, 5) is 58.9. The van der Waals surface area contributed by atoms with Crippen molar-refractivity contribution in [3.05, 3.63) is 36.0 Å². The molecule has 0 saturated carbocycles. The van der Waals surface area contributed by atoms with Crippen LogP contribution in [0.5, 0.6) is 0 Å². The molecule has 4 rings (SSSR count).